The van der Waals surface area contributed by atoms with E-state index in [-0.39, 0.29) is 25.1 Å². The van der Waals surface area contributed by atoms with Gasteiger partial charge < -0.3 is 10.2 Å². The van der Waals surface area contributed by atoms with Crippen molar-refractivity contribution in [2.75, 3.05) is 6.61 Å². The summed E-state index contributed by atoms with van der Waals surface area (Å²) in [5.74, 6) is 0. The lowest BCUT2D eigenvalue weighted by molar-refractivity contribution is 0.122. The van der Waals surface area contributed by atoms with Crippen molar-refractivity contribution < 1.29 is 10.2 Å². The van der Waals surface area contributed by atoms with Crippen molar-refractivity contribution in [1.29, 1.82) is 0 Å². The molecular formula is C10H23ClO2. The first-order valence-electron chi connectivity index (χ1n) is 5.10. The molecule has 3 heteroatoms. The molecular weight excluding hydrogens is 188 g/mol. The first-order chi connectivity index (χ1) is 5.81. The van der Waals surface area contributed by atoms with E-state index in [1.54, 1.807) is 0 Å². The highest BCUT2D eigenvalue weighted by atomic mass is 35.5. The smallest absolute Gasteiger partial charge is 0.0562 e. The van der Waals surface area contributed by atoms with Crippen molar-refractivity contribution in [2.24, 2.45) is 0 Å². The predicted molar refractivity (Wildman–Crippen MR) is 58.3 cm³/mol. The highest BCUT2D eigenvalue weighted by Gasteiger charge is 2.01. The molecule has 2 nitrogen and oxygen atoms in total. The number of aliphatic hydroxyl groups is 2. The third-order valence-electron chi connectivity index (χ3n) is 2.10. The average molecular weight is 211 g/mol. The molecule has 1 atom stereocenters. The maximum absolute atomic E-state index is 9.25. The van der Waals surface area contributed by atoms with Crippen LogP contribution in [0.2, 0.25) is 0 Å². The summed E-state index contributed by atoms with van der Waals surface area (Å²) in [6, 6.07) is 0. The van der Waals surface area contributed by atoms with E-state index in [1.807, 2.05) is 0 Å². The van der Waals surface area contributed by atoms with Crippen molar-refractivity contribution in [3.63, 3.8) is 0 Å². The van der Waals surface area contributed by atoms with Crippen LogP contribution in [0.25, 0.3) is 0 Å². The first kappa shape index (κ1) is 15.7. The molecule has 13 heavy (non-hydrogen) atoms. The maximum atomic E-state index is 9.25. The molecule has 82 valence electrons. The van der Waals surface area contributed by atoms with Gasteiger partial charge in [0.2, 0.25) is 0 Å². The minimum Gasteiger partial charge on any atom is -0.396 e. The van der Waals surface area contributed by atoms with E-state index in [0.29, 0.717) is 6.42 Å². The molecule has 0 fully saturated rings. The predicted octanol–water partition coefficient (Wildman–Crippen LogP) is 2.51. The van der Waals surface area contributed by atoms with Gasteiger partial charge in [0.05, 0.1) is 6.10 Å². The Kier molecular flexibility index (Phi) is 14.7. The van der Waals surface area contributed by atoms with Gasteiger partial charge in [-0.1, -0.05) is 39.0 Å². The molecule has 0 amide bonds. The highest BCUT2D eigenvalue weighted by molar-refractivity contribution is 5.85. The third-order valence-corrected chi connectivity index (χ3v) is 2.10. The van der Waals surface area contributed by atoms with E-state index in [2.05, 4.69) is 6.92 Å². The Morgan fingerprint density at radius 1 is 1.00 bits per heavy atom. The molecule has 0 bridgehead atoms. The van der Waals surface area contributed by atoms with Crippen molar-refractivity contribution >= 4 is 12.4 Å². The second kappa shape index (κ2) is 12.2. The second-order valence-corrected chi connectivity index (χ2v) is 3.37. The molecule has 0 spiro atoms. The van der Waals surface area contributed by atoms with Crippen LogP contribution < -0.4 is 0 Å². The quantitative estimate of drug-likeness (QED) is 0.605. The Hall–Kier alpha value is 0.210. The summed E-state index contributed by atoms with van der Waals surface area (Å²) in [4.78, 5) is 0. The van der Waals surface area contributed by atoms with Gasteiger partial charge in [0.25, 0.3) is 0 Å². The Bertz CT molecular complexity index is 89.0. The van der Waals surface area contributed by atoms with Crippen molar-refractivity contribution in [2.45, 2.75) is 58.0 Å². The van der Waals surface area contributed by atoms with Crippen molar-refractivity contribution in [1.82, 2.24) is 0 Å². The zero-order valence-corrected chi connectivity index (χ0v) is 9.35. The summed E-state index contributed by atoms with van der Waals surface area (Å²) in [5, 5.41) is 17.8. The summed E-state index contributed by atoms with van der Waals surface area (Å²) in [5.41, 5.74) is 0. The van der Waals surface area contributed by atoms with Crippen LogP contribution in [0, 0.1) is 0 Å². The van der Waals surface area contributed by atoms with Gasteiger partial charge in [0.15, 0.2) is 0 Å². The molecule has 0 saturated carbocycles. The van der Waals surface area contributed by atoms with Crippen molar-refractivity contribution in [3.05, 3.63) is 0 Å². The molecule has 0 aromatic heterocycles. The molecule has 0 aliphatic rings. The number of hydrogen-bond acceptors (Lipinski definition) is 2. The van der Waals surface area contributed by atoms with Crippen LogP contribution >= 0.6 is 12.4 Å². The highest BCUT2D eigenvalue weighted by Crippen LogP contribution is 2.08. The van der Waals surface area contributed by atoms with Crippen LogP contribution in [0.1, 0.15) is 51.9 Å². The van der Waals surface area contributed by atoms with E-state index in [0.717, 1.165) is 12.8 Å². The zero-order chi connectivity index (χ0) is 9.23. The Balaban J connectivity index is 0. The fourth-order valence-corrected chi connectivity index (χ4v) is 1.28. The molecule has 1 unspecified atom stereocenters. The van der Waals surface area contributed by atoms with Crippen LogP contribution in [-0.2, 0) is 0 Å². The van der Waals surface area contributed by atoms with Gasteiger partial charge in [-0.15, -0.1) is 12.4 Å². The molecule has 0 aliphatic heterocycles. The lowest BCUT2D eigenvalue weighted by Crippen LogP contribution is -2.08. The number of hydrogen-bond donors (Lipinski definition) is 2. The SMILES string of the molecule is CCCCCCCC(O)CCO.Cl. The van der Waals surface area contributed by atoms with Gasteiger partial charge in [-0.3, -0.25) is 0 Å². The minimum absolute atomic E-state index is 0. The van der Waals surface area contributed by atoms with Crippen LogP contribution in [0.3, 0.4) is 0 Å². The van der Waals surface area contributed by atoms with E-state index in [1.165, 1.54) is 25.7 Å². The van der Waals surface area contributed by atoms with Crippen molar-refractivity contribution in [3.8, 4) is 0 Å². The maximum Gasteiger partial charge on any atom is 0.0562 e. The van der Waals surface area contributed by atoms with E-state index in [4.69, 9.17) is 5.11 Å². The van der Waals surface area contributed by atoms with Crippen LogP contribution in [0.5, 0.6) is 0 Å². The van der Waals surface area contributed by atoms with Gasteiger partial charge in [-0.05, 0) is 12.8 Å². The largest absolute Gasteiger partial charge is 0.396 e. The summed E-state index contributed by atoms with van der Waals surface area (Å²) in [7, 11) is 0. The van der Waals surface area contributed by atoms with Gasteiger partial charge in [0.1, 0.15) is 0 Å². The number of halogens is 1. The summed E-state index contributed by atoms with van der Waals surface area (Å²) >= 11 is 0. The molecule has 0 rings (SSSR count). The topological polar surface area (TPSA) is 40.5 Å². The van der Waals surface area contributed by atoms with E-state index < -0.39 is 0 Å². The van der Waals surface area contributed by atoms with Gasteiger partial charge in [0, 0.05) is 6.61 Å². The molecule has 0 heterocycles. The molecule has 0 aromatic rings. The normalized spacial score (nSPS) is 12.2. The summed E-state index contributed by atoms with van der Waals surface area (Å²) in [6.07, 6.45) is 7.27. The number of unbranched alkanes of at least 4 members (excludes halogenated alkanes) is 4. The van der Waals surface area contributed by atoms with Crippen LogP contribution in [-0.4, -0.2) is 22.9 Å². The van der Waals surface area contributed by atoms with Crippen LogP contribution in [0.4, 0.5) is 0 Å². The lowest BCUT2D eigenvalue weighted by atomic mass is 10.1. The Morgan fingerprint density at radius 2 is 1.62 bits per heavy atom. The number of rotatable bonds is 8. The zero-order valence-electron chi connectivity index (χ0n) is 8.54. The molecule has 0 radical (unpaired) electrons. The summed E-state index contributed by atoms with van der Waals surface area (Å²) in [6.45, 7) is 2.30. The van der Waals surface area contributed by atoms with Gasteiger partial charge in [-0.2, -0.15) is 0 Å². The first-order valence-corrected chi connectivity index (χ1v) is 5.10. The molecule has 2 N–H and O–H groups in total. The standard InChI is InChI=1S/C10H22O2.ClH/c1-2-3-4-5-6-7-10(12)8-9-11;/h10-12H,2-9H2,1H3;1H. The average Bonchev–Trinajstić information content (AvgIpc) is 2.05. The van der Waals surface area contributed by atoms with E-state index >= 15 is 0 Å². The van der Waals surface area contributed by atoms with E-state index in [9.17, 15) is 5.11 Å². The summed E-state index contributed by atoms with van der Waals surface area (Å²) < 4.78 is 0. The monoisotopic (exact) mass is 210 g/mol. The molecule has 0 aromatic carbocycles. The molecule has 0 aliphatic carbocycles. The number of aliphatic hydroxyl groups excluding tert-OH is 2. The fraction of sp³-hybridized carbons (Fsp3) is 1.00. The third kappa shape index (κ3) is 12.2. The minimum atomic E-state index is -0.281. The Labute approximate surface area is 87.8 Å². The second-order valence-electron chi connectivity index (χ2n) is 3.37. The van der Waals surface area contributed by atoms with Gasteiger partial charge in [-0.25, -0.2) is 0 Å². The fourth-order valence-electron chi connectivity index (χ4n) is 1.28. The molecule has 0 saturated heterocycles. The van der Waals surface area contributed by atoms with Crippen LogP contribution in [0.15, 0.2) is 0 Å². The van der Waals surface area contributed by atoms with Gasteiger partial charge >= 0.3 is 0 Å². The lowest BCUT2D eigenvalue weighted by Gasteiger charge is -2.07. The Morgan fingerprint density at radius 3 is 2.15 bits per heavy atom.